The second-order valence-electron chi connectivity index (χ2n) is 10.1. The lowest BCUT2D eigenvalue weighted by molar-refractivity contribution is 0.0450. The standard InChI is InChI=1S/C24H38O4.C12H10.H2O/c1-3-5-7-9-11-15-19-27-23(25)21-17-13-14-18-22(21)24(26)28-20-16-12-10-8-6-4-2;1-3-7-11(8-4-1)12-9-5-2-6-10-12;/h13-14,17-18H,3-12,15-16,19-20H2,1-2H3;1-10H;1H2. The smallest absolute Gasteiger partial charge is 0.339 e. The predicted molar refractivity (Wildman–Crippen MR) is 169 cm³/mol. The molecule has 3 rings (SSSR count). The molecule has 0 unspecified atom stereocenters. The van der Waals surface area contributed by atoms with E-state index < -0.39 is 11.9 Å². The van der Waals surface area contributed by atoms with Crippen LogP contribution in [0.2, 0.25) is 0 Å². The van der Waals surface area contributed by atoms with Crippen LogP contribution in [0.1, 0.15) is 112 Å². The minimum Gasteiger partial charge on any atom is -0.462 e. The summed E-state index contributed by atoms with van der Waals surface area (Å²) in [7, 11) is 0. The molecule has 2 N–H and O–H groups in total. The predicted octanol–water partition coefficient (Wildman–Crippen LogP) is 9.25. The minimum atomic E-state index is -0.444. The van der Waals surface area contributed by atoms with Crippen LogP contribution >= 0.6 is 0 Å². The molecule has 3 aromatic rings. The third kappa shape index (κ3) is 15.2. The van der Waals surface area contributed by atoms with Crippen molar-refractivity contribution < 1.29 is 24.5 Å². The maximum Gasteiger partial charge on any atom is 0.339 e. The van der Waals surface area contributed by atoms with E-state index in [4.69, 9.17) is 9.47 Å². The second-order valence-corrected chi connectivity index (χ2v) is 10.1. The Morgan fingerprint density at radius 3 is 1.15 bits per heavy atom. The molecule has 0 amide bonds. The number of hydrogen-bond acceptors (Lipinski definition) is 4. The van der Waals surface area contributed by atoms with E-state index in [2.05, 4.69) is 62.4 Å². The van der Waals surface area contributed by atoms with E-state index in [1.165, 1.54) is 62.5 Å². The molecule has 5 nitrogen and oxygen atoms in total. The van der Waals surface area contributed by atoms with Crippen molar-refractivity contribution in [2.45, 2.75) is 90.9 Å². The summed E-state index contributed by atoms with van der Waals surface area (Å²) >= 11 is 0. The molecule has 3 aromatic carbocycles. The van der Waals surface area contributed by atoms with Crippen LogP contribution in [0.15, 0.2) is 84.9 Å². The van der Waals surface area contributed by atoms with E-state index in [-0.39, 0.29) is 5.48 Å². The summed E-state index contributed by atoms with van der Waals surface area (Å²) in [5.41, 5.74) is 3.14. The normalized spacial score (nSPS) is 10.1. The second kappa shape index (κ2) is 23.3. The number of carbonyl (C=O) groups is 2. The maximum atomic E-state index is 12.4. The first-order chi connectivity index (χ1) is 19.7. The Labute approximate surface area is 247 Å². The molecule has 0 radical (unpaired) electrons. The van der Waals surface area contributed by atoms with E-state index in [0.717, 1.165) is 25.7 Å². The van der Waals surface area contributed by atoms with Crippen molar-refractivity contribution in [3.05, 3.63) is 96.1 Å². The van der Waals surface area contributed by atoms with Gasteiger partial charge in [-0.2, -0.15) is 0 Å². The van der Waals surface area contributed by atoms with E-state index in [1.54, 1.807) is 24.3 Å². The van der Waals surface area contributed by atoms with Crippen LogP contribution in [0.4, 0.5) is 0 Å². The highest BCUT2D eigenvalue weighted by atomic mass is 16.5. The molecule has 0 aromatic heterocycles. The number of carbonyl (C=O) groups excluding carboxylic acids is 2. The molecule has 0 atom stereocenters. The highest BCUT2D eigenvalue weighted by Crippen LogP contribution is 2.17. The third-order valence-electron chi connectivity index (χ3n) is 6.71. The lowest BCUT2D eigenvalue weighted by Gasteiger charge is -2.10. The molecule has 0 aliphatic carbocycles. The molecular formula is C36H50O5. The number of benzene rings is 3. The zero-order valence-corrected chi connectivity index (χ0v) is 25.1. The topological polar surface area (TPSA) is 84.1 Å². The zero-order chi connectivity index (χ0) is 28.7. The van der Waals surface area contributed by atoms with E-state index in [1.807, 2.05) is 12.1 Å². The van der Waals surface area contributed by atoms with Gasteiger partial charge in [-0.05, 0) is 36.1 Å². The number of esters is 2. The molecule has 5 heteroatoms. The molecule has 224 valence electrons. The van der Waals surface area contributed by atoms with Gasteiger partial charge < -0.3 is 14.9 Å². The molecular weight excluding hydrogens is 512 g/mol. The summed E-state index contributed by atoms with van der Waals surface area (Å²) in [6.45, 7) is 5.17. The van der Waals surface area contributed by atoms with Crippen LogP contribution in [0.5, 0.6) is 0 Å². The fraction of sp³-hybridized carbons (Fsp3) is 0.444. The van der Waals surface area contributed by atoms with Gasteiger partial charge in [0.1, 0.15) is 0 Å². The van der Waals surface area contributed by atoms with Gasteiger partial charge in [0.15, 0.2) is 0 Å². The summed E-state index contributed by atoms with van der Waals surface area (Å²) < 4.78 is 10.7. The first-order valence-electron chi connectivity index (χ1n) is 15.2. The summed E-state index contributed by atoms with van der Waals surface area (Å²) in [6, 6.07) is 27.5. The highest BCUT2D eigenvalue weighted by Gasteiger charge is 2.18. The van der Waals surface area contributed by atoms with Crippen molar-refractivity contribution in [2.24, 2.45) is 0 Å². The van der Waals surface area contributed by atoms with Crippen LogP contribution in [0, 0.1) is 0 Å². The number of rotatable bonds is 17. The average Bonchev–Trinajstić information content (AvgIpc) is 3.01. The van der Waals surface area contributed by atoms with Crippen LogP contribution in [-0.2, 0) is 9.47 Å². The molecule has 0 spiro atoms. The summed E-state index contributed by atoms with van der Waals surface area (Å²) in [5.74, 6) is -0.888. The largest absolute Gasteiger partial charge is 0.462 e. The van der Waals surface area contributed by atoms with Crippen molar-refractivity contribution >= 4 is 11.9 Å². The first-order valence-corrected chi connectivity index (χ1v) is 15.2. The van der Waals surface area contributed by atoms with Crippen LogP contribution in [-0.4, -0.2) is 30.6 Å². The fourth-order valence-electron chi connectivity index (χ4n) is 4.35. The Balaban J connectivity index is 0.000000533. The SMILES string of the molecule is CCCCCCCCOC(=O)c1ccccc1C(=O)OCCCCCCCC.O.c1ccc(-c2ccccc2)cc1. The highest BCUT2D eigenvalue weighted by molar-refractivity contribution is 6.03. The summed E-state index contributed by atoms with van der Waals surface area (Å²) in [6.07, 6.45) is 13.6. The molecule has 41 heavy (non-hydrogen) atoms. The van der Waals surface area contributed by atoms with Crippen molar-refractivity contribution in [2.75, 3.05) is 13.2 Å². The molecule has 0 fully saturated rings. The van der Waals surface area contributed by atoms with Crippen LogP contribution < -0.4 is 0 Å². The Hall–Kier alpha value is -3.44. The molecule has 0 saturated carbocycles. The number of ether oxygens (including phenoxy) is 2. The quantitative estimate of drug-likeness (QED) is 0.121. The number of hydrogen-bond donors (Lipinski definition) is 0. The maximum absolute atomic E-state index is 12.4. The fourth-order valence-corrected chi connectivity index (χ4v) is 4.35. The van der Waals surface area contributed by atoms with Gasteiger partial charge in [-0.15, -0.1) is 0 Å². The summed E-state index contributed by atoms with van der Waals surface area (Å²) in [4.78, 5) is 24.7. The van der Waals surface area contributed by atoms with Gasteiger partial charge in [-0.3, -0.25) is 0 Å². The van der Waals surface area contributed by atoms with Gasteiger partial charge in [-0.25, -0.2) is 9.59 Å². The van der Waals surface area contributed by atoms with Crippen LogP contribution in [0.25, 0.3) is 11.1 Å². The Kier molecular flexibility index (Phi) is 20.2. The van der Waals surface area contributed by atoms with Gasteiger partial charge >= 0.3 is 11.9 Å². The van der Waals surface area contributed by atoms with E-state index >= 15 is 0 Å². The van der Waals surface area contributed by atoms with Gasteiger partial charge in [-0.1, -0.05) is 151 Å². The average molecular weight is 563 g/mol. The summed E-state index contributed by atoms with van der Waals surface area (Å²) in [5, 5.41) is 0. The van der Waals surface area contributed by atoms with Crippen molar-refractivity contribution in [1.82, 2.24) is 0 Å². The Bertz CT molecular complexity index is 979. The molecule has 0 bridgehead atoms. The minimum absolute atomic E-state index is 0. The van der Waals surface area contributed by atoms with Crippen LogP contribution in [0.3, 0.4) is 0 Å². The van der Waals surface area contributed by atoms with E-state index in [0.29, 0.717) is 24.3 Å². The Morgan fingerprint density at radius 1 is 0.463 bits per heavy atom. The monoisotopic (exact) mass is 562 g/mol. The molecule has 0 aliphatic heterocycles. The molecule has 0 aliphatic rings. The Morgan fingerprint density at radius 2 is 0.780 bits per heavy atom. The van der Waals surface area contributed by atoms with Crippen molar-refractivity contribution in [3.63, 3.8) is 0 Å². The van der Waals surface area contributed by atoms with Gasteiger partial charge in [0.2, 0.25) is 0 Å². The number of unbranched alkanes of at least 4 members (excludes halogenated alkanes) is 10. The zero-order valence-electron chi connectivity index (χ0n) is 25.1. The lowest BCUT2D eigenvalue weighted by Crippen LogP contribution is -2.15. The van der Waals surface area contributed by atoms with E-state index in [9.17, 15) is 9.59 Å². The molecule has 0 saturated heterocycles. The molecule has 0 heterocycles. The van der Waals surface area contributed by atoms with Crippen molar-refractivity contribution in [3.8, 4) is 11.1 Å². The van der Waals surface area contributed by atoms with Gasteiger partial charge in [0.05, 0.1) is 24.3 Å². The van der Waals surface area contributed by atoms with Gasteiger partial charge in [0, 0.05) is 0 Å². The van der Waals surface area contributed by atoms with Crippen molar-refractivity contribution in [1.29, 1.82) is 0 Å². The first kappa shape index (κ1) is 35.6. The van der Waals surface area contributed by atoms with Gasteiger partial charge in [0.25, 0.3) is 0 Å². The lowest BCUT2D eigenvalue weighted by atomic mass is 10.1. The third-order valence-corrected chi connectivity index (χ3v) is 6.71.